The molecule has 0 saturated carbocycles. The van der Waals surface area contributed by atoms with Gasteiger partial charge in [0.25, 0.3) is 0 Å². The van der Waals surface area contributed by atoms with Crippen molar-refractivity contribution in [2.45, 2.75) is 46.1 Å². The molecule has 1 N–H and O–H groups in total. The van der Waals surface area contributed by atoms with Gasteiger partial charge < -0.3 is 9.88 Å². The fourth-order valence-corrected chi connectivity index (χ4v) is 2.80. The van der Waals surface area contributed by atoms with Crippen LogP contribution in [0.25, 0.3) is 0 Å². The third kappa shape index (κ3) is 3.52. The van der Waals surface area contributed by atoms with E-state index in [1.165, 1.54) is 17.0 Å². The standard InChI is InChI=1S/C17H24N4/c1-14(2)19-11-15-5-3-4-6-16(15)12-20-9-10-21-8-7-18-17(21)13-20/h3-8,14,19H,9-13H2,1-2H3. The lowest BCUT2D eigenvalue weighted by atomic mass is 10.1. The number of aromatic nitrogens is 2. The van der Waals surface area contributed by atoms with E-state index < -0.39 is 0 Å². The summed E-state index contributed by atoms with van der Waals surface area (Å²) in [4.78, 5) is 6.92. The molecule has 4 heteroatoms. The highest BCUT2D eigenvalue weighted by atomic mass is 15.2. The van der Waals surface area contributed by atoms with Crippen molar-refractivity contribution in [3.05, 3.63) is 53.6 Å². The Kier molecular flexibility index (Phi) is 4.36. The average molecular weight is 284 g/mol. The van der Waals surface area contributed by atoms with Gasteiger partial charge >= 0.3 is 0 Å². The molecular weight excluding hydrogens is 260 g/mol. The first kappa shape index (κ1) is 14.3. The van der Waals surface area contributed by atoms with Crippen LogP contribution in [0.15, 0.2) is 36.7 Å². The van der Waals surface area contributed by atoms with Crippen molar-refractivity contribution in [3.8, 4) is 0 Å². The van der Waals surface area contributed by atoms with Crippen LogP contribution in [0, 0.1) is 0 Å². The van der Waals surface area contributed by atoms with E-state index in [-0.39, 0.29) is 0 Å². The molecule has 2 aromatic rings. The molecular formula is C17H24N4. The Balaban J connectivity index is 1.68. The molecule has 3 rings (SSSR count). The van der Waals surface area contributed by atoms with Crippen LogP contribution in [0.1, 0.15) is 30.8 Å². The number of imidazole rings is 1. The summed E-state index contributed by atoms with van der Waals surface area (Å²) in [6.07, 6.45) is 3.98. The van der Waals surface area contributed by atoms with Crippen molar-refractivity contribution in [2.75, 3.05) is 6.54 Å². The number of hydrogen-bond acceptors (Lipinski definition) is 3. The summed E-state index contributed by atoms with van der Waals surface area (Å²) in [5, 5.41) is 3.52. The number of hydrogen-bond donors (Lipinski definition) is 1. The van der Waals surface area contributed by atoms with Crippen molar-refractivity contribution in [1.82, 2.24) is 19.8 Å². The lowest BCUT2D eigenvalue weighted by Crippen LogP contribution is -2.33. The van der Waals surface area contributed by atoms with E-state index in [4.69, 9.17) is 0 Å². The van der Waals surface area contributed by atoms with E-state index in [1.54, 1.807) is 0 Å². The zero-order valence-corrected chi connectivity index (χ0v) is 12.9. The number of nitrogens with one attached hydrogen (secondary N) is 1. The highest BCUT2D eigenvalue weighted by Crippen LogP contribution is 2.16. The molecule has 0 aliphatic carbocycles. The second-order valence-electron chi connectivity index (χ2n) is 6.05. The Morgan fingerprint density at radius 1 is 1.19 bits per heavy atom. The lowest BCUT2D eigenvalue weighted by Gasteiger charge is -2.28. The van der Waals surface area contributed by atoms with Gasteiger partial charge in [0, 0.05) is 44.6 Å². The van der Waals surface area contributed by atoms with Gasteiger partial charge in [0.15, 0.2) is 0 Å². The largest absolute Gasteiger partial charge is 0.333 e. The first-order valence-electron chi connectivity index (χ1n) is 7.75. The topological polar surface area (TPSA) is 33.1 Å². The molecule has 1 aromatic carbocycles. The van der Waals surface area contributed by atoms with Crippen molar-refractivity contribution >= 4 is 0 Å². The van der Waals surface area contributed by atoms with Gasteiger partial charge in [0.2, 0.25) is 0 Å². The van der Waals surface area contributed by atoms with E-state index in [1.807, 2.05) is 6.20 Å². The predicted molar refractivity (Wildman–Crippen MR) is 84.8 cm³/mol. The van der Waals surface area contributed by atoms with Gasteiger partial charge in [-0.1, -0.05) is 38.1 Å². The van der Waals surface area contributed by atoms with Gasteiger partial charge in [-0.15, -0.1) is 0 Å². The smallest absolute Gasteiger partial charge is 0.122 e. The molecule has 1 aromatic heterocycles. The molecule has 0 fully saturated rings. The van der Waals surface area contributed by atoms with Gasteiger partial charge in [-0.05, 0) is 11.1 Å². The molecule has 21 heavy (non-hydrogen) atoms. The molecule has 2 heterocycles. The second kappa shape index (κ2) is 6.41. The Morgan fingerprint density at radius 2 is 2.00 bits per heavy atom. The molecule has 112 valence electrons. The summed E-state index contributed by atoms with van der Waals surface area (Å²) in [6, 6.07) is 9.26. The summed E-state index contributed by atoms with van der Waals surface area (Å²) in [6.45, 7) is 9.40. The molecule has 1 aliphatic heterocycles. The molecule has 0 unspecified atom stereocenters. The second-order valence-corrected chi connectivity index (χ2v) is 6.05. The van der Waals surface area contributed by atoms with E-state index in [9.17, 15) is 0 Å². The summed E-state index contributed by atoms with van der Waals surface area (Å²) < 4.78 is 2.25. The van der Waals surface area contributed by atoms with Gasteiger partial charge in [-0.3, -0.25) is 4.90 Å². The van der Waals surface area contributed by atoms with Crippen LogP contribution in [0.3, 0.4) is 0 Å². The van der Waals surface area contributed by atoms with Gasteiger partial charge in [0.05, 0.1) is 6.54 Å². The predicted octanol–water partition coefficient (Wildman–Crippen LogP) is 2.40. The fraction of sp³-hybridized carbons (Fsp3) is 0.471. The third-order valence-corrected chi connectivity index (χ3v) is 4.04. The van der Waals surface area contributed by atoms with Crippen molar-refractivity contribution in [2.24, 2.45) is 0 Å². The summed E-state index contributed by atoms with van der Waals surface area (Å²) in [5.41, 5.74) is 2.82. The highest BCUT2D eigenvalue weighted by Gasteiger charge is 2.17. The van der Waals surface area contributed by atoms with Crippen LogP contribution in [0.2, 0.25) is 0 Å². The Labute approximate surface area is 126 Å². The van der Waals surface area contributed by atoms with Crippen molar-refractivity contribution in [3.63, 3.8) is 0 Å². The fourth-order valence-electron chi connectivity index (χ4n) is 2.80. The lowest BCUT2D eigenvalue weighted by molar-refractivity contribution is 0.208. The molecule has 0 amide bonds. The zero-order valence-electron chi connectivity index (χ0n) is 12.9. The number of fused-ring (bicyclic) bond motifs is 1. The monoisotopic (exact) mass is 284 g/mol. The maximum atomic E-state index is 4.44. The van der Waals surface area contributed by atoms with Crippen LogP contribution in [0.5, 0.6) is 0 Å². The van der Waals surface area contributed by atoms with Crippen molar-refractivity contribution < 1.29 is 0 Å². The number of nitrogens with zero attached hydrogens (tertiary/aromatic N) is 3. The molecule has 0 saturated heterocycles. The maximum absolute atomic E-state index is 4.44. The molecule has 0 bridgehead atoms. The maximum Gasteiger partial charge on any atom is 0.122 e. The number of benzene rings is 1. The number of rotatable bonds is 5. The van der Waals surface area contributed by atoms with Crippen LogP contribution in [-0.4, -0.2) is 27.0 Å². The first-order chi connectivity index (χ1) is 10.2. The minimum atomic E-state index is 0.514. The summed E-state index contributed by atoms with van der Waals surface area (Å²) >= 11 is 0. The van der Waals surface area contributed by atoms with Gasteiger partial charge in [-0.25, -0.2) is 4.98 Å². The molecule has 4 nitrogen and oxygen atoms in total. The van der Waals surface area contributed by atoms with Crippen molar-refractivity contribution in [1.29, 1.82) is 0 Å². The van der Waals surface area contributed by atoms with Crippen LogP contribution < -0.4 is 5.32 Å². The Bertz CT molecular complexity index is 588. The zero-order chi connectivity index (χ0) is 14.7. The van der Waals surface area contributed by atoms with Gasteiger partial charge in [-0.2, -0.15) is 0 Å². The highest BCUT2D eigenvalue weighted by molar-refractivity contribution is 5.27. The summed E-state index contributed by atoms with van der Waals surface area (Å²) in [5.74, 6) is 1.18. The minimum Gasteiger partial charge on any atom is -0.333 e. The third-order valence-electron chi connectivity index (χ3n) is 4.04. The van der Waals surface area contributed by atoms with Crippen LogP contribution in [0.4, 0.5) is 0 Å². The SMILES string of the molecule is CC(C)NCc1ccccc1CN1CCn2ccnc2C1. The minimum absolute atomic E-state index is 0.514. The Hall–Kier alpha value is -1.65. The molecule has 1 aliphatic rings. The average Bonchev–Trinajstić information content (AvgIpc) is 2.94. The van der Waals surface area contributed by atoms with E-state index in [0.717, 1.165) is 32.7 Å². The van der Waals surface area contributed by atoms with Crippen LogP contribution in [-0.2, 0) is 26.2 Å². The van der Waals surface area contributed by atoms with Gasteiger partial charge in [0.1, 0.15) is 5.82 Å². The Morgan fingerprint density at radius 3 is 2.81 bits per heavy atom. The molecule has 0 atom stereocenters. The normalized spacial score (nSPS) is 15.4. The molecule has 0 spiro atoms. The van der Waals surface area contributed by atoms with E-state index in [2.05, 4.69) is 64.1 Å². The quantitative estimate of drug-likeness (QED) is 0.915. The van der Waals surface area contributed by atoms with Crippen LogP contribution >= 0.6 is 0 Å². The molecule has 0 radical (unpaired) electrons. The first-order valence-corrected chi connectivity index (χ1v) is 7.75. The summed E-state index contributed by atoms with van der Waals surface area (Å²) in [7, 11) is 0. The van der Waals surface area contributed by atoms with E-state index in [0.29, 0.717) is 6.04 Å². The van der Waals surface area contributed by atoms with E-state index >= 15 is 0 Å².